The molecule has 0 bridgehead atoms. The number of H-pyrrole nitrogens is 1. The predicted molar refractivity (Wildman–Crippen MR) is 58.6 cm³/mol. The van der Waals surface area contributed by atoms with Crippen LogP contribution in [0.15, 0.2) is 27.4 Å². The van der Waals surface area contributed by atoms with Crippen molar-refractivity contribution in [2.75, 3.05) is 0 Å². The Hall–Kier alpha value is -1.55. The fourth-order valence-corrected chi connectivity index (χ4v) is 1.05. The number of aryl methyl sites for hydroxylation is 1. The summed E-state index contributed by atoms with van der Waals surface area (Å²) < 4.78 is 4.84. The molecule has 4 heteroatoms. The van der Waals surface area contributed by atoms with Gasteiger partial charge in [-0.3, -0.25) is 4.98 Å². The predicted octanol–water partition coefficient (Wildman–Crippen LogP) is 1.88. The molecule has 1 aromatic heterocycles. The largest absolute Gasteiger partial charge is 0.417 e. The molecule has 0 aliphatic heterocycles. The van der Waals surface area contributed by atoms with Gasteiger partial charge < -0.3 is 9.89 Å². The van der Waals surface area contributed by atoms with E-state index in [0.29, 0.717) is 5.58 Å². The fraction of sp³-hybridized carbons (Fsp3) is 0.300. The number of rotatable bonds is 0. The van der Waals surface area contributed by atoms with Crippen LogP contribution in [0.5, 0.6) is 0 Å². The molecule has 3 N–H and O–H groups in total. The van der Waals surface area contributed by atoms with E-state index in [1.54, 1.807) is 0 Å². The standard InChI is InChI=1S/C8H7NO2.C2H6.H2O.H2/c1-5-2-3-6-7(4-5)11-8(10)9-6;1-2;;/h2-4H,1H3,(H,9,10);1-2H3;1H2;1H. The molecule has 1 aromatic carbocycles. The molecule has 0 aliphatic carbocycles. The monoisotopic (exact) mass is 199 g/mol. The van der Waals surface area contributed by atoms with Gasteiger partial charge in [-0.25, -0.2) is 4.79 Å². The van der Waals surface area contributed by atoms with Crippen LogP contribution in [0, 0.1) is 6.92 Å². The van der Waals surface area contributed by atoms with Crippen LogP contribution in [-0.4, -0.2) is 10.5 Å². The van der Waals surface area contributed by atoms with Gasteiger partial charge in [-0.05, 0) is 24.6 Å². The molecule has 0 unspecified atom stereocenters. The number of hydrogen-bond acceptors (Lipinski definition) is 2. The summed E-state index contributed by atoms with van der Waals surface area (Å²) in [6.45, 7) is 5.95. The fourth-order valence-electron chi connectivity index (χ4n) is 1.05. The van der Waals surface area contributed by atoms with Crippen molar-refractivity contribution in [1.29, 1.82) is 0 Å². The number of nitrogens with one attached hydrogen (secondary N) is 1. The van der Waals surface area contributed by atoms with E-state index in [9.17, 15) is 4.79 Å². The molecule has 0 amide bonds. The van der Waals surface area contributed by atoms with Crippen LogP contribution in [0.1, 0.15) is 20.8 Å². The number of aromatic nitrogens is 1. The topological polar surface area (TPSA) is 77.5 Å². The van der Waals surface area contributed by atoms with Crippen LogP contribution in [0.3, 0.4) is 0 Å². The first-order valence-corrected chi connectivity index (χ1v) is 4.35. The molecule has 0 saturated heterocycles. The van der Waals surface area contributed by atoms with Gasteiger partial charge in [0.05, 0.1) is 5.52 Å². The van der Waals surface area contributed by atoms with Crippen molar-refractivity contribution >= 4 is 11.1 Å². The minimum Gasteiger partial charge on any atom is -0.412 e. The second-order valence-electron chi connectivity index (χ2n) is 2.51. The summed E-state index contributed by atoms with van der Waals surface area (Å²) in [6, 6.07) is 5.58. The molecule has 2 aromatic rings. The first-order valence-electron chi connectivity index (χ1n) is 4.35. The molecule has 4 nitrogen and oxygen atoms in total. The maximum absolute atomic E-state index is 10.7. The van der Waals surface area contributed by atoms with Gasteiger partial charge >= 0.3 is 5.76 Å². The highest BCUT2D eigenvalue weighted by atomic mass is 16.4. The highest BCUT2D eigenvalue weighted by molar-refractivity contribution is 5.72. The third-order valence-corrected chi connectivity index (χ3v) is 1.58. The average molecular weight is 199 g/mol. The number of benzene rings is 1. The number of aromatic amines is 1. The first-order chi connectivity index (χ1) is 6.25. The lowest BCUT2D eigenvalue weighted by Gasteiger charge is -1.87. The Kier molecular flexibility index (Phi) is 4.66. The van der Waals surface area contributed by atoms with Gasteiger partial charge in [0.25, 0.3) is 0 Å². The van der Waals surface area contributed by atoms with E-state index in [-0.39, 0.29) is 6.90 Å². The molecule has 0 fully saturated rings. The SMILES string of the molecule is CC.Cc1ccc2[nH]c(=O)oc2c1.O.[HH]. The molecule has 0 saturated carbocycles. The molecule has 0 radical (unpaired) electrons. The van der Waals surface area contributed by atoms with Crippen LogP contribution in [0.2, 0.25) is 0 Å². The van der Waals surface area contributed by atoms with Crippen LogP contribution >= 0.6 is 0 Å². The number of fused-ring (bicyclic) bond motifs is 1. The van der Waals surface area contributed by atoms with E-state index < -0.39 is 5.76 Å². The summed E-state index contributed by atoms with van der Waals surface area (Å²) in [5, 5.41) is 0. The molecular weight excluding hydrogens is 182 g/mol. The molecule has 2 rings (SSSR count). The molecule has 1 heterocycles. The van der Waals surface area contributed by atoms with Gasteiger partial charge in [0.15, 0.2) is 5.58 Å². The van der Waals surface area contributed by atoms with Crippen LogP contribution in [-0.2, 0) is 0 Å². The third kappa shape index (κ3) is 2.47. The zero-order chi connectivity index (χ0) is 9.84. The van der Waals surface area contributed by atoms with Gasteiger partial charge in [0, 0.05) is 1.43 Å². The second-order valence-corrected chi connectivity index (χ2v) is 2.51. The summed E-state index contributed by atoms with van der Waals surface area (Å²) in [4.78, 5) is 13.2. The highest BCUT2D eigenvalue weighted by Gasteiger charge is 1.98. The summed E-state index contributed by atoms with van der Waals surface area (Å²) in [6.07, 6.45) is 0. The highest BCUT2D eigenvalue weighted by Crippen LogP contribution is 2.10. The van der Waals surface area contributed by atoms with E-state index in [4.69, 9.17) is 4.42 Å². The van der Waals surface area contributed by atoms with Crippen molar-refractivity contribution in [2.45, 2.75) is 20.8 Å². The Morgan fingerprint density at radius 1 is 1.36 bits per heavy atom. The zero-order valence-electron chi connectivity index (χ0n) is 8.55. The molecule has 14 heavy (non-hydrogen) atoms. The lowest BCUT2D eigenvalue weighted by Crippen LogP contribution is -1.92. The maximum Gasteiger partial charge on any atom is 0.417 e. The van der Waals surface area contributed by atoms with Crippen molar-refractivity contribution in [3.8, 4) is 0 Å². The lowest BCUT2D eigenvalue weighted by molar-refractivity contribution is 0.555. The number of hydrogen-bond donors (Lipinski definition) is 1. The minimum absolute atomic E-state index is 0. The number of oxazole rings is 1. The van der Waals surface area contributed by atoms with E-state index in [1.807, 2.05) is 39.0 Å². The van der Waals surface area contributed by atoms with Gasteiger partial charge in [0.2, 0.25) is 0 Å². The van der Waals surface area contributed by atoms with Crippen LogP contribution < -0.4 is 5.76 Å². The Balaban J connectivity index is 0. The average Bonchev–Trinajstić information content (AvgIpc) is 2.48. The summed E-state index contributed by atoms with van der Waals surface area (Å²) in [5.41, 5.74) is 2.45. The van der Waals surface area contributed by atoms with E-state index in [2.05, 4.69) is 4.98 Å². The zero-order valence-corrected chi connectivity index (χ0v) is 8.55. The van der Waals surface area contributed by atoms with Crippen molar-refractivity contribution < 1.29 is 11.3 Å². The summed E-state index contributed by atoms with van der Waals surface area (Å²) >= 11 is 0. The third-order valence-electron chi connectivity index (χ3n) is 1.58. The minimum atomic E-state index is -0.398. The van der Waals surface area contributed by atoms with Crippen LogP contribution in [0.25, 0.3) is 11.1 Å². The van der Waals surface area contributed by atoms with Crippen molar-refractivity contribution in [3.05, 3.63) is 34.3 Å². The van der Waals surface area contributed by atoms with Gasteiger partial charge in [-0.15, -0.1) is 0 Å². The molecule has 0 aliphatic rings. The maximum atomic E-state index is 10.7. The second kappa shape index (κ2) is 5.24. The van der Waals surface area contributed by atoms with Crippen LogP contribution in [0.4, 0.5) is 0 Å². The Labute approximate surface area is 83.4 Å². The first kappa shape index (κ1) is 12.4. The van der Waals surface area contributed by atoms with E-state index in [1.165, 1.54) is 0 Å². The van der Waals surface area contributed by atoms with Crippen molar-refractivity contribution in [3.63, 3.8) is 0 Å². The van der Waals surface area contributed by atoms with Gasteiger partial charge in [-0.2, -0.15) is 0 Å². The molecular formula is C10H17NO3. The summed E-state index contributed by atoms with van der Waals surface area (Å²) in [7, 11) is 0. The Morgan fingerprint density at radius 3 is 2.64 bits per heavy atom. The van der Waals surface area contributed by atoms with Gasteiger partial charge in [-0.1, -0.05) is 19.9 Å². The Morgan fingerprint density at radius 2 is 2.00 bits per heavy atom. The molecule has 80 valence electrons. The van der Waals surface area contributed by atoms with Crippen molar-refractivity contribution in [1.82, 2.24) is 4.98 Å². The van der Waals surface area contributed by atoms with E-state index >= 15 is 0 Å². The molecule has 0 spiro atoms. The quantitative estimate of drug-likeness (QED) is 0.703. The van der Waals surface area contributed by atoms with Gasteiger partial charge in [0.1, 0.15) is 0 Å². The van der Waals surface area contributed by atoms with Crippen molar-refractivity contribution in [2.24, 2.45) is 0 Å². The smallest absolute Gasteiger partial charge is 0.412 e. The normalized spacial score (nSPS) is 8.79. The lowest BCUT2D eigenvalue weighted by atomic mass is 10.2. The Bertz CT molecular complexity index is 447. The molecule has 0 atom stereocenters. The van der Waals surface area contributed by atoms with E-state index in [0.717, 1.165) is 11.1 Å². The summed E-state index contributed by atoms with van der Waals surface area (Å²) in [5.74, 6) is -0.398.